The minimum absolute atomic E-state index is 0.268. The monoisotopic (exact) mass is 304 g/mol. The molecule has 1 unspecified atom stereocenters. The zero-order chi connectivity index (χ0) is 16.0. The molecule has 0 aliphatic carbocycles. The molecule has 21 heavy (non-hydrogen) atoms. The first kappa shape index (κ1) is 18.2. The Balaban J connectivity index is 3.22. The van der Waals surface area contributed by atoms with Gasteiger partial charge in [0.05, 0.1) is 6.10 Å². The second-order valence-electron chi connectivity index (χ2n) is 6.72. The van der Waals surface area contributed by atoms with Crippen molar-refractivity contribution in [3.8, 4) is 0 Å². The maximum atomic E-state index is 5.52. The molecule has 0 radical (unpaired) electrons. The number of hydrogen-bond donors (Lipinski definition) is 0. The Morgan fingerprint density at radius 3 is 2.19 bits per heavy atom. The molecule has 0 saturated carbocycles. The van der Waals surface area contributed by atoms with Crippen LogP contribution < -0.4 is 5.19 Å². The molecule has 2 heteroatoms. The fourth-order valence-electron chi connectivity index (χ4n) is 2.86. The quantitative estimate of drug-likeness (QED) is 0.658. The number of allylic oxidation sites excluding steroid dienone is 1. The highest BCUT2D eigenvalue weighted by molar-refractivity contribution is 6.95. The van der Waals surface area contributed by atoms with E-state index in [1.54, 1.807) is 12.3 Å². The third kappa shape index (κ3) is 4.55. The van der Waals surface area contributed by atoms with Gasteiger partial charge in [0, 0.05) is 7.11 Å². The largest absolute Gasteiger partial charge is 0.381 e. The molecule has 0 N–H and O–H groups in total. The van der Waals surface area contributed by atoms with Gasteiger partial charge in [0.15, 0.2) is 0 Å². The van der Waals surface area contributed by atoms with E-state index < -0.39 is 8.07 Å². The molecule has 0 bridgehead atoms. The van der Waals surface area contributed by atoms with Crippen molar-refractivity contribution in [2.24, 2.45) is 11.8 Å². The molecule has 1 rings (SSSR count). The minimum Gasteiger partial charge on any atom is -0.381 e. The molecule has 0 spiro atoms. The van der Waals surface area contributed by atoms with Gasteiger partial charge in [-0.05, 0) is 18.8 Å². The second kappa shape index (κ2) is 7.95. The summed E-state index contributed by atoms with van der Waals surface area (Å²) in [5, 5.41) is 3.18. The van der Waals surface area contributed by atoms with Gasteiger partial charge in [-0.1, -0.05) is 87.1 Å². The molecule has 0 aliphatic rings. The molecule has 0 fully saturated rings. The summed E-state index contributed by atoms with van der Waals surface area (Å²) < 4.78 is 5.52. The van der Waals surface area contributed by atoms with E-state index in [0.717, 1.165) is 0 Å². The predicted octanol–water partition coefficient (Wildman–Crippen LogP) is 4.78. The molecule has 1 aromatic rings. The zero-order valence-corrected chi connectivity index (χ0v) is 15.8. The molecule has 0 aromatic heterocycles. The van der Waals surface area contributed by atoms with Crippen molar-refractivity contribution < 1.29 is 4.74 Å². The highest BCUT2D eigenvalue weighted by atomic mass is 28.3. The highest BCUT2D eigenvalue weighted by Crippen LogP contribution is 2.28. The van der Waals surface area contributed by atoms with E-state index in [1.165, 1.54) is 11.6 Å². The third-order valence-electron chi connectivity index (χ3n) is 4.92. The SMILES string of the molecule is CCC(C)/C(=C\[C@H](C)[C@H](C)OC)[Si](C)(C)c1ccccc1. The van der Waals surface area contributed by atoms with Crippen molar-refractivity contribution in [3.63, 3.8) is 0 Å². The van der Waals surface area contributed by atoms with Gasteiger partial charge in [-0.3, -0.25) is 0 Å². The number of ether oxygens (including phenoxy) is 1. The predicted molar refractivity (Wildman–Crippen MR) is 96.7 cm³/mol. The van der Waals surface area contributed by atoms with Crippen LogP contribution in [0.3, 0.4) is 0 Å². The molecule has 1 aromatic carbocycles. The lowest BCUT2D eigenvalue weighted by molar-refractivity contribution is 0.0896. The Bertz CT molecular complexity index is 450. The van der Waals surface area contributed by atoms with Crippen LogP contribution >= 0.6 is 0 Å². The Kier molecular flexibility index (Phi) is 6.89. The van der Waals surface area contributed by atoms with Crippen LogP contribution in [0.1, 0.15) is 34.1 Å². The summed E-state index contributed by atoms with van der Waals surface area (Å²) in [5.41, 5.74) is 0. The van der Waals surface area contributed by atoms with Gasteiger partial charge in [0.1, 0.15) is 8.07 Å². The Morgan fingerprint density at radius 2 is 1.71 bits per heavy atom. The zero-order valence-electron chi connectivity index (χ0n) is 14.8. The number of benzene rings is 1. The standard InChI is InChI=1S/C19H32OSi/c1-8-15(2)19(14-16(3)17(4)20-5)21(6,7)18-12-10-9-11-13-18/h9-17H,8H2,1-7H3/b19-14+/t15?,16-,17-/m0/s1. The van der Waals surface area contributed by atoms with E-state index in [0.29, 0.717) is 11.8 Å². The second-order valence-corrected chi connectivity index (χ2v) is 11.1. The van der Waals surface area contributed by atoms with Crippen molar-refractivity contribution in [1.29, 1.82) is 0 Å². The van der Waals surface area contributed by atoms with Crippen LogP contribution in [-0.2, 0) is 4.74 Å². The average Bonchev–Trinajstić information content (AvgIpc) is 2.51. The van der Waals surface area contributed by atoms with Crippen LogP contribution in [0.25, 0.3) is 0 Å². The van der Waals surface area contributed by atoms with Gasteiger partial charge in [0.2, 0.25) is 0 Å². The summed E-state index contributed by atoms with van der Waals surface area (Å²) >= 11 is 0. The molecular formula is C19H32OSi. The fourth-order valence-corrected chi connectivity index (χ4v) is 6.34. The summed E-state index contributed by atoms with van der Waals surface area (Å²) in [6, 6.07) is 11.0. The van der Waals surface area contributed by atoms with Crippen molar-refractivity contribution in [2.45, 2.75) is 53.3 Å². The number of hydrogen-bond acceptors (Lipinski definition) is 1. The lowest BCUT2D eigenvalue weighted by Gasteiger charge is -2.32. The average molecular weight is 305 g/mol. The Hall–Kier alpha value is -0.863. The van der Waals surface area contributed by atoms with Crippen LogP contribution in [0.15, 0.2) is 41.6 Å². The van der Waals surface area contributed by atoms with E-state index in [9.17, 15) is 0 Å². The smallest absolute Gasteiger partial charge is 0.107 e. The summed E-state index contributed by atoms with van der Waals surface area (Å²) in [4.78, 5) is 0. The van der Waals surface area contributed by atoms with Gasteiger partial charge in [0.25, 0.3) is 0 Å². The van der Waals surface area contributed by atoms with Crippen LogP contribution in [-0.4, -0.2) is 21.3 Å². The molecular weight excluding hydrogens is 272 g/mol. The molecule has 0 heterocycles. The summed E-state index contributed by atoms with van der Waals surface area (Å²) in [6.07, 6.45) is 3.97. The molecule has 0 aliphatic heterocycles. The number of rotatable bonds is 7. The maximum Gasteiger partial charge on any atom is 0.107 e. The van der Waals surface area contributed by atoms with Gasteiger partial charge in [-0.25, -0.2) is 0 Å². The van der Waals surface area contributed by atoms with Crippen molar-refractivity contribution in [2.75, 3.05) is 7.11 Å². The van der Waals surface area contributed by atoms with E-state index in [4.69, 9.17) is 4.74 Å². The first-order chi connectivity index (χ1) is 9.84. The van der Waals surface area contributed by atoms with E-state index >= 15 is 0 Å². The van der Waals surface area contributed by atoms with Crippen LogP contribution in [0.4, 0.5) is 0 Å². The van der Waals surface area contributed by atoms with Crippen molar-refractivity contribution in [1.82, 2.24) is 0 Å². The third-order valence-corrected chi connectivity index (χ3v) is 8.79. The first-order valence-electron chi connectivity index (χ1n) is 8.15. The fraction of sp³-hybridized carbons (Fsp3) is 0.579. The van der Waals surface area contributed by atoms with Crippen LogP contribution in [0.5, 0.6) is 0 Å². The Labute approximate surface area is 132 Å². The normalized spacial score (nSPS) is 17.4. The topological polar surface area (TPSA) is 9.23 Å². The van der Waals surface area contributed by atoms with Crippen molar-refractivity contribution >= 4 is 13.3 Å². The van der Waals surface area contributed by atoms with Gasteiger partial charge < -0.3 is 4.74 Å². The van der Waals surface area contributed by atoms with Gasteiger partial charge in [-0.15, -0.1) is 0 Å². The molecule has 0 saturated heterocycles. The van der Waals surface area contributed by atoms with E-state index in [-0.39, 0.29) is 6.10 Å². The van der Waals surface area contributed by atoms with E-state index in [2.05, 4.69) is 77.2 Å². The van der Waals surface area contributed by atoms with Crippen LogP contribution in [0, 0.1) is 11.8 Å². The summed E-state index contributed by atoms with van der Waals surface area (Å²) in [6.45, 7) is 14.0. The highest BCUT2D eigenvalue weighted by Gasteiger charge is 2.31. The Morgan fingerprint density at radius 1 is 1.14 bits per heavy atom. The molecule has 1 nitrogen and oxygen atoms in total. The lowest BCUT2D eigenvalue weighted by atomic mass is 10.0. The van der Waals surface area contributed by atoms with Gasteiger partial charge >= 0.3 is 0 Å². The first-order valence-corrected chi connectivity index (χ1v) is 11.1. The molecule has 3 atom stereocenters. The lowest BCUT2D eigenvalue weighted by Crippen LogP contribution is -2.46. The molecule has 0 amide bonds. The summed E-state index contributed by atoms with van der Waals surface area (Å²) in [7, 11) is 0.195. The molecule has 118 valence electrons. The van der Waals surface area contributed by atoms with E-state index in [1.807, 2.05) is 0 Å². The van der Waals surface area contributed by atoms with Crippen LogP contribution in [0.2, 0.25) is 13.1 Å². The maximum absolute atomic E-state index is 5.52. The summed E-state index contributed by atoms with van der Waals surface area (Å²) in [5.74, 6) is 1.09. The number of methoxy groups -OCH3 is 1. The minimum atomic E-state index is -1.61. The van der Waals surface area contributed by atoms with Crippen molar-refractivity contribution in [3.05, 3.63) is 41.6 Å². The van der Waals surface area contributed by atoms with Gasteiger partial charge in [-0.2, -0.15) is 0 Å².